The molecule has 30 heavy (non-hydrogen) atoms. The van der Waals surface area contributed by atoms with E-state index in [2.05, 4.69) is 60.8 Å². The van der Waals surface area contributed by atoms with Gasteiger partial charge in [0, 0.05) is 17.7 Å². The summed E-state index contributed by atoms with van der Waals surface area (Å²) in [4.78, 5) is 0. The van der Waals surface area contributed by atoms with Gasteiger partial charge in [0.1, 0.15) is 9.84 Å². The highest BCUT2D eigenvalue weighted by Crippen LogP contribution is 2.35. The molecule has 0 saturated carbocycles. The van der Waals surface area contributed by atoms with Crippen molar-refractivity contribution >= 4 is 9.84 Å². The van der Waals surface area contributed by atoms with Crippen LogP contribution >= 0.6 is 0 Å². The molecule has 0 bridgehead atoms. The maximum Gasteiger partial charge on any atom is 0.150 e. The van der Waals surface area contributed by atoms with Gasteiger partial charge in [-0.1, -0.05) is 62.4 Å². The van der Waals surface area contributed by atoms with Gasteiger partial charge < -0.3 is 5.32 Å². The van der Waals surface area contributed by atoms with Crippen LogP contribution in [-0.2, 0) is 29.1 Å². The summed E-state index contributed by atoms with van der Waals surface area (Å²) < 4.78 is 23.9. The first kappa shape index (κ1) is 23.0. The van der Waals surface area contributed by atoms with Crippen LogP contribution in [0.1, 0.15) is 67.7 Å². The van der Waals surface area contributed by atoms with E-state index in [4.69, 9.17) is 0 Å². The van der Waals surface area contributed by atoms with Crippen LogP contribution in [0.15, 0.2) is 48.5 Å². The third-order valence-corrected chi connectivity index (χ3v) is 8.21. The first-order valence-corrected chi connectivity index (χ1v) is 13.4. The Labute approximate surface area is 183 Å². The molecule has 2 unspecified atom stereocenters. The van der Waals surface area contributed by atoms with E-state index < -0.39 is 9.84 Å². The Morgan fingerprint density at radius 1 is 0.967 bits per heavy atom. The molecule has 2 atom stereocenters. The maximum atomic E-state index is 11.9. The molecule has 2 aromatic carbocycles. The van der Waals surface area contributed by atoms with Crippen LogP contribution in [0.2, 0.25) is 0 Å². The van der Waals surface area contributed by atoms with E-state index in [1.807, 2.05) is 6.92 Å². The summed E-state index contributed by atoms with van der Waals surface area (Å²) in [6, 6.07) is 18.3. The molecule has 0 aromatic heterocycles. The molecule has 0 fully saturated rings. The number of rotatable bonds is 11. The second-order valence-corrected chi connectivity index (χ2v) is 10.9. The van der Waals surface area contributed by atoms with Crippen molar-refractivity contribution in [1.29, 1.82) is 0 Å². The van der Waals surface area contributed by atoms with E-state index in [9.17, 15) is 8.42 Å². The normalized spacial score (nSPS) is 18.9. The number of hydrogen-bond acceptors (Lipinski definition) is 3. The highest BCUT2D eigenvalue weighted by atomic mass is 32.2. The van der Waals surface area contributed by atoms with Gasteiger partial charge in [-0.3, -0.25) is 0 Å². The molecule has 4 heteroatoms. The van der Waals surface area contributed by atoms with Gasteiger partial charge in [0.15, 0.2) is 0 Å². The Balaban J connectivity index is 1.71. The Kier molecular flexibility index (Phi) is 8.52. The van der Waals surface area contributed by atoms with Gasteiger partial charge in [0.25, 0.3) is 0 Å². The molecule has 1 aliphatic rings. The van der Waals surface area contributed by atoms with Gasteiger partial charge in [-0.2, -0.15) is 0 Å². The molecule has 2 aromatic rings. The summed E-state index contributed by atoms with van der Waals surface area (Å²) in [7, 11) is -2.87. The third-order valence-electron chi connectivity index (χ3n) is 6.27. The monoisotopic (exact) mass is 427 g/mol. The van der Waals surface area contributed by atoms with Crippen LogP contribution < -0.4 is 5.32 Å². The van der Waals surface area contributed by atoms with Crippen molar-refractivity contribution in [2.45, 2.75) is 70.8 Å². The average molecular weight is 428 g/mol. The van der Waals surface area contributed by atoms with Crippen molar-refractivity contribution in [3.05, 3.63) is 70.8 Å². The zero-order valence-corrected chi connectivity index (χ0v) is 19.4. The molecular weight excluding hydrogens is 390 g/mol. The highest BCUT2D eigenvalue weighted by molar-refractivity contribution is 7.91. The summed E-state index contributed by atoms with van der Waals surface area (Å²) in [6.45, 7) is 5.12. The quantitative estimate of drug-likeness (QED) is 0.508. The van der Waals surface area contributed by atoms with E-state index in [0.717, 1.165) is 38.6 Å². The predicted molar refractivity (Wildman–Crippen MR) is 127 cm³/mol. The smallest absolute Gasteiger partial charge is 0.150 e. The SMILES string of the molecule is CCCS(=O)(=O)CCCCc1ccc2c(c1)C(Cc1ccccc1)C(NCC)CC2. The minimum atomic E-state index is -2.87. The van der Waals surface area contributed by atoms with Gasteiger partial charge in [0.05, 0.1) is 5.75 Å². The fourth-order valence-electron chi connectivity index (χ4n) is 4.79. The molecule has 1 aliphatic carbocycles. The zero-order valence-electron chi connectivity index (χ0n) is 18.6. The molecule has 0 heterocycles. The number of hydrogen-bond donors (Lipinski definition) is 1. The Hall–Kier alpha value is -1.65. The van der Waals surface area contributed by atoms with E-state index >= 15 is 0 Å². The standard InChI is InChI=1S/C26H37NO2S/c1-3-17-30(28,29)18-9-8-12-22-13-14-23-15-16-26(27-4-2)25(24(23)19-22)20-21-10-6-5-7-11-21/h5-7,10-11,13-14,19,25-27H,3-4,8-9,12,15-18,20H2,1-2H3. The number of aryl methyl sites for hydroxylation is 2. The minimum absolute atomic E-state index is 0.318. The lowest BCUT2D eigenvalue weighted by Gasteiger charge is -2.35. The fourth-order valence-corrected chi connectivity index (χ4v) is 6.26. The first-order chi connectivity index (χ1) is 14.5. The summed E-state index contributed by atoms with van der Waals surface area (Å²) >= 11 is 0. The average Bonchev–Trinajstić information content (AvgIpc) is 2.74. The van der Waals surface area contributed by atoms with Crippen LogP contribution in [0.4, 0.5) is 0 Å². The Morgan fingerprint density at radius 2 is 1.77 bits per heavy atom. The molecule has 1 N–H and O–H groups in total. The van der Waals surface area contributed by atoms with Crippen molar-refractivity contribution in [2.24, 2.45) is 0 Å². The topological polar surface area (TPSA) is 46.2 Å². The molecule has 0 radical (unpaired) electrons. The largest absolute Gasteiger partial charge is 0.314 e. The number of sulfone groups is 1. The first-order valence-electron chi connectivity index (χ1n) is 11.6. The van der Waals surface area contributed by atoms with Gasteiger partial charge in [0.2, 0.25) is 0 Å². The van der Waals surface area contributed by atoms with Crippen molar-refractivity contribution in [3.63, 3.8) is 0 Å². The van der Waals surface area contributed by atoms with Crippen molar-refractivity contribution in [1.82, 2.24) is 5.32 Å². The number of fused-ring (bicyclic) bond motifs is 1. The van der Waals surface area contributed by atoms with E-state index in [1.165, 1.54) is 28.7 Å². The van der Waals surface area contributed by atoms with Gasteiger partial charge >= 0.3 is 0 Å². The molecule has 0 spiro atoms. The Morgan fingerprint density at radius 3 is 2.50 bits per heavy atom. The molecule has 0 saturated heterocycles. The number of likely N-dealkylation sites (N-methyl/N-ethyl adjacent to an activating group) is 1. The van der Waals surface area contributed by atoms with Crippen molar-refractivity contribution in [3.8, 4) is 0 Å². The van der Waals surface area contributed by atoms with Crippen LogP contribution in [0.5, 0.6) is 0 Å². The summed E-state index contributed by atoms with van der Waals surface area (Å²) in [5.74, 6) is 1.13. The van der Waals surface area contributed by atoms with E-state index in [-0.39, 0.29) is 0 Å². The highest BCUT2D eigenvalue weighted by Gasteiger charge is 2.29. The van der Waals surface area contributed by atoms with Gasteiger partial charge in [-0.15, -0.1) is 0 Å². The number of unbranched alkanes of at least 4 members (excludes halogenated alkanes) is 1. The Bertz CT molecular complexity index is 893. The minimum Gasteiger partial charge on any atom is -0.314 e. The zero-order chi connectivity index (χ0) is 21.4. The number of nitrogens with one attached hydrogen (secondary N) is 1. The van der Waals surface area contributed by atoms with Crippen LogP contribution in [0.25, 0.3) is 0 Å². The lowest BCUT2D eigenvalue weighted by molar-refractivity contribution is 0.392. The molecule has 0 amide bonds. The van der Waals surface area contributed by atoms with Crippen LogP contribution in [-0.4, -0.2) is 32.5 Å². The molecule has 3 nitrogen and oxygen atoms in total. The second-order valence-electron chi connectivity index (χ2n) is 8.64. The molecule has 164 valence electrons. The van der Waals surface area contributed by atoms with Gasteiger partial charge in [-0.25, -0.2) is 8.42 Å². The van der Waals surface area contributed by atoms with E-state index in [1.54, 1.807) is 0 Å². The second kappa shape index (κ2) is 11.1. The molecule has 3 rings (SSSR count). The van der Waals surface area contributed by atoms with Crippen molar-refractivity contribution in [2.75, 3.05) is 18.1 Å². The van der Waals surface area contributed by atoms with Crippen molar-refractivity contribution < 1.29 is 8.42 Å². The maximum absolute atomic E-state index is 11.9. The number of benzene rings is 2. The summed E-state index contributed by atoms with van der Waals surface area (Å²) in [5.41, 5.74) is 5.72. The molecule has 0 aliphatic heterocycles. The van der Waals surface area contributed by atoms with Crippen LogP contribution in [0, 0.1) is 0 Å². The lowest BCUT2D eigenvalue weighted by atomic mass is 9.75. The summed E-state index contributed by atoms with van der Waals surface area (Å²) in [6.07, 6.45) is 6.74. The van der Waals surface area contributed by atoms with Crippen LogP contribution in [0.3, 0.4) is 0 Å². The van der Waals surface area contributed by atoms with E-state index in [0.29, 0.717) is 29.9 Å². The fraction of sp³-hybridized carbons (Fsp3) is 0.538. The summed E-state index contributed by atoms with van der Waals surface area (Å²) in [5, 5.41) is 3.73. The third kappa shape index (κ3) is 6.42. The molecular formula is C26H37NO2S. The lowest BCUT2D eigenvalue weighted by Crippen LogP contribution is -2.39. The predicted octanol–water partition coefficient (Wildman–Crippen LogP) is 5.08. The van der Waals surface area contributed by atoms with Gasteiger partial charge in [-0.05, 0) is 73.7 Å².